The summed E-state index contributed by atoms with van der Waals surface area (Å²) in [6.07, 6.45) is 2.12. The Morgan fingerprint density at radius 1 is 1.26 bits per heavy atom. The van der Waals surface area contributed by atoms with E-state index in [1.165, 1.54) is 0 Å². The van der Waals surface area contributed by atoms with E-state index in [9.17, 15) is 9.90 Å². The van der Waals surface area contributed by atoms with Crippen molar-refractivity contribution >= 4 is 5.91 Å². The molecule has 0 saturated carbocycles. The Kier molecular flexibility index (Phi) is 4.46. The summed E-state index contributed by atoms with van der Waals surface area (Å²) in [5.74, 6) is 1.28. The second-order valence-electron chi connectivity index (χ2n) is 6.68. The Morgan fingerprint density at radius 3 is 2.83 bits per heavy atom. The lowest BCUT2D eigenvalue weighted by molar-refractivity contribution is 0.00305. The molecule has 0 aliphatic carbocycles. The standard InChI is InChI=1S/C17H24N2O4/c1-18(2)11-17(21)6-3-8-19(9-7-17)16(20)13-4-5-14-15(10-13)23-12-22-14/h4-5,10,21H,3,6-9,11-12H2,1-2H3/t17-/m1/s1. The molecule has 2 aliphatic rings. The van der Waals surface area contributed by atoms with Crippen LogP contribution in [0.3, 0.4) is 0 Å². The van der Waals surface area contributed by atoms with Crippen LogP contribution in [0.4, 0.5) is 0 Å². The third-order valence-electron chi connectivity index (χ3n) is 4.43. The van der Waals surface area contributed by atoms with Gasteiger partial charge in [-0.25, -0.2) is 0 Å². The SMILES string of the molecule is CN(C)C[C@@]1(O)CCCN(C(=O)c2ccc3c(c2)OCO3)CC1. The van der Waals surface area contributed by atoms with Crippen molar-refractivity contribution in [2.45, 2.75) is 24.9 Å². The molecular formula is C17H24N2O4. The van der Waals surface area contributed by atoms with Crippen LogP contribution < -0.4 is 9.47 Å². The lowest BCUT2D eigenvalue weighted by Gasteiger charge is -2.30. The molecule has 6 heteroatoms. The minimum Gasteiger partial charge on any atom is -0.454 e. The van der Waals surface area contributed by atoms with Crippen LogP contribution in [0, 0.1) is 0 Å². The molecule has 0 aromatic heterocycles. The molecule has 2 aliphatic heterocycles. The first kappa shape index (κ1) is 16.1. The first-order chi connectivity index (χ1) is 11.0. The van der Waals surface area contributed by atoms with E-state index in [-0.39, 0.29) is 12.7 Å². The molecule has 1 fully saturated rings. The van der Waals surface area contributed by atoms with Gasteiger partial charge >= 0.3 is 0 Å². The number of likely N-dealkylation sites (tertiary alicyclic amines) is 1. The topological polar surface area (TPSA) is 62.2 Å². The van der Waals surface area contributed by atoms with Crippen LogP contribution >= 0.6 is 0 Å². The lowest BCUT2D eigenvalue weighted by Crippen LogP contribution is -2.41. The van der Waals surface area contributed by atoms with Gasteiger partial charge in [-0.05, 0) is 51.6 Å². The summed E-state index contributed by atoms with van der Waals surface area (Å²) in [5.41, 5.74) is -0.111. The fraction of sp³-hybridized carbons (Fsp3) is 0.588. The first-order valence-corrected chi connectivity index (χ1v) is 8.03. The maximum Gasteiger partial charge on any atom is 0.253 e. The molecule has 1 N–H and O–H groups in total. The van der Waals surface area contributed by atoms with Crippen molar-refractivity contribution in [2.75, 3.05) is 40.5 Å². The summed E-state index contributed by atoms with van der Waals surface area (Å²) < 4.78 is 10.6. The van der Waals surface area contributed by atoms with Crippen molar-refractivity contribution < 1.29 is 19.4 Å². The number of rotatable bonds is 3. The van der Waals surface area contributed by atoms with E-state index >= 15 is 0 Å². The van der Waals surface area contributed by atoms with Gasteiger partial charge in [0.2, 0.25) is 6.79 Å². The van der Waals surface area contributed by atoms with Gasteiger partial charge in [-0.2, -0.15) is 0 Å². The first-order valence-electron chi connectivity index (χ1n) is 8.03. The normalized spacial score (nSPS) is 23.9. The Hall–Kier alpha value is -1.79. The highest BCUT2D eigenvalue weighted by molar-refractivity contribution is 5.95. The predicted octanol–water partition coefficient (Wildman–Crippen LogP) is 1.33. The second kappa shape index (κ2) is 6.37. The molecule has 1 atom stereocenters. The number of hydrogen-bond acceptors (Lipinski definition) is 5. The molecule has 126 valence electrons. The van der Waals surface area contributed by atoms with Crippen molar-refractivity contribution in [1.82, 2.24) is 9.80 Å². The van der Waals surface area contributed by atoms with Crippen LogP contribution in [0.1, 0.15) is 29.6 Å². The van der Waals surface area contributed by atoms with Crippen LogP contribution in [0.2, 0.25) is 0 Å². The molecule has 1 amide bonds. The molecule has 0 unspecified atom stereocenters. The van der Waals surface area contributed by atoms with E-state index in [0.717, 1.165) is 12.8 Å². The monoisotopic (exact) mass is 320 g/mol. The molecule has 0 spiro atoms. The minimum absolute atomic E-state index is 0.0163. The summed E-state index contributed by atoms with van der Waals surface area (Å²) in [6.45, 7) is 2.06. The average Bonchev–Trinajstić information content (AvgIpc) is 2.88. The van der Waals surface area contributed by atoms with Gasteiger partial charge in [0.25, 0.3) is 5.91 Å². The summed E-state index contributed by atoms with van der Waals surface area (Å²) in [7, 11) is 3.91. The van der Waals surface area contributed by atoms with Gasteiger partial charge in [0.15, 0.2) is 11.5 Å². The van der Waals surface area contributed by atoms with Crippen LogP contribution in [0.5, 0.6) is 11.5 Å². The molecule has 0 radical (unpaired) electrons. The van der Waals surface area contributed by atoms with Gasteiger partial charge in [-0.15, -0.1) is 0 Å². The van der Waals surface area contributed by atoms with E-state index in [4.69, 9.17) is 9.47 Å². The van der Waals surface area contributed by atoms with Gasteiger partial charge in [-0.3, -0.25) is 4.79 Å². The summed E-state index contributed by atoms with van der Waals surface area (Å²) in [6, 6.07) is 5.28. The number of fused-ring (bicyclic) bond motifs is 1. The van der Waals surface area contributed by atoms with Crippen molar-refractivity contribution in [3.63, 3.8) is 0 Å². The zero-order valence-electron chi connectivity index (χ0n) is 13.7. The number of carbonyl (C=O) groups is 1. The van der Waals surface area contributed by atoms with Crippen LogP contribution in [-0.4, -0.2) is 66.9 Å². The Balaban J connectivity index is 1.68. The van der Waals surface area contributed by atoms with E-state index in [1.54, 1.807) is 18.2 Å². The van der Waals surface area contributed by atoms with Gasteiger partial charge in [-0.1, -0.05) is 0 Å². The smallest absolute Gasteiger partial charge is 0.253 e. The zero-order chi connectivity index (χ0) is 16.4. The largest absolute Gasteiger partial charge is 0.454 e. The molecule has 3 rings (SSSR count). The van der Waals surface area contributed by atoms with Crippen molar-refractivity contribution in [3.8, 4) is 11.5 Å². The van der Waals surface area contributed by atoms with E-state index < -0.39 is 5.60 Å². The Bertz CT molecular complexity index is 590. The second-order valence-corrected chi connectivity index (χ2v) is 6.68. The average molecular weight is 320 g/mol. The van der Waals surface area contributed by atoms with Gasteiger partial charge in [0.1, 0.15) is 0 Å². The quantitative estimate of drug-likeness (QED) is 0.910. The van der Waals surface area contributed by atoms with Crippen molar-refractivity contribution in [2.24, 2.45) is 0 Å². The highest BCUT2D eigenvalue weighted by atomic mass is 16.7. The van der Waals surface area contributed by atoms with E-state index in [1.807, 2.05) is 23.9 Å². The van der Waals surface area contributed by atoms with Gasteiger partial charge in [0.05, 0.1) is 5.60 Å². The number of benzene rings is 1. The third kappa shape index (κ3) is 3.59. The fourth-order valence-corrected chi connectivity index (χ4v) is 3.34. The molecule has 0 bridgehead atoms. The number of nitrogens with zero attached hydrogens (tertiary/aromatic N) is 2. The summed E-state index contributed by atoms with van der Waals surface area (Å²) >= 11 is 0. The fourth-order valence-electron chi connectivity index (χ4n) is 3.34. The number of ether oxygens (including phenoxy) is 2. The van der Waals surface area contributed by atoms with Crippen LogP contribution in [0.15, 0.2) is 18.2 Å². The molecule has 23 heavy (non-hydrogen) atoms. The highest BCUT2D eigenvalue weighted by Gasteiger charge is 2.32. The molecule has 1 aromatic carbocycles. The Labute approximate surface area is 136 Å². The summed E-state index contributed by atoms with van der Waals surface area (Å²) in [5, 5.41) is 10.7. The maximum absolute atomic E-state index is 12.7. The van der Waals surface area contributed by atoms with E-state index in [2.05, 4.69) is 0 Å². The Morgan fingerprint density at radius 2 is 2.04 bits per heavy atom. The highest BCUT2D eigenvalue weighted by Crippen LogP contribution is 2.33. The van der Waals surface area contributed by atoms with Crippen molar-refractivity contribution in [3.05, 3.63) is 23.8 Å². The van der Waals surface area contributed by atoms with Crippen LogP contribution in [0.25, 0.3) is 0 Å². The van der Waals surface area contributed by atoms with Crippen LogP contribution in [-0.2, 0) is 0 Å². The number of likely N-dealkylation sites (N-methyl/N-ethyl adjacent to an activating group) is 1. The molecule has 1 saturated heterocycles. The van der Waals surface area contributed by atoms with Gasteiger partial charge in [0, 0.05) is 25.2 Å². The zero-order valence-corrected chi connectivity index (χ0v) is 13.7. The third-order valence-corrected chi connectivity index (χ3v) is 4.43. The summed E-state index contributed by atoms with van der Waals surface area (Å²) in [4.78, 5) is 16.5. The maximum atomic E-state index is 12.7. The number of carbonyl (C=O) groups excluding carboxylic acids is 1. The number of amides is 1. The molecular weight excluding hydrogens is 296 g/mol. The van der Waals surface area contributed by atoms with E-state index in [0.29, 0.717) is 43.1 Å². The molecule has 1 aromatic rings. The predicted molar refractivity (Wildman–Crippen MR) is 85.8 cm³/mol. The molecule has 2 heterocycles. The minimum atomic E-state index is -0.715. The number of hydrogen-bond donors (Lipinski definition) is 1. The lowest BCUT2D eigenvalue weighted by atomic mass is 9.94. The van der Waals surface area contributed by atoms with Crippen molar-refractivity contribution in [1.29, 1.82) is 0 Å². The van der Waals surface area contributed by atoms with Gasteiger partial charge < -0.3 is 24.4 Å². The molecule has 6 nitrogen and oxygen atoms in total. The number of aliphatic hydroxyl groups is 1.